The zero-order valence-corrected chi connectivity index (χ0v) is 15.0. The second kappa shape index (κ2) is 9.72. The third-order valence-electron chi connectivity index (χ3n) is 3.95. The van der Waals surface area contributed by atoms with Crippen molar-refractivity contribution in [2.75, 3.05) is 19.8 Å². The van der Waals surface area contributed by atoms with Gasteiger partial charge in [-0.3, -0.25) is 4.79 Å². The molecule has 1 heterocycles. The molecule has 26 heavy (non-hydrogen) atoms. The monoisotopic (exact) mass is 360 g/mol. The standard InChI is InChI=1S/C19H24N2O5/c1-14(11-22)12-26-18(23)8-9-25-19(24)17-10-20-13-21(17)15(2)16-6-4-3-5-7-16/h3-7,10,13-15,22H,8-9,11-12H2,1-2H3. The average Bonchev–Trinajstić information content (AvgIpc) is 3.16. The van der Waals surface area contributed by atoms with E-state index in [9.17, 15) is 9.59 Å². The Kier molecular flexibility index (Phi) is 7.35. The molecule has 1 N–H and O–H groups in total. The fraction of sp³-hybridized carbons (Fsp3) is 0.421. The largest absolute Gasteiger partial charge is 0.465 e. The van der Waals surface area contributed by atoms with Crippen molar-refractivity contribution >= 4 is 11.9 Å². The van der Waals surface area contributed by atoms with Gasteiger partial charge in [-0.15, -0.1) is 0 Å². The lowest BCUT2D eigenvalue weighted by Gasteiger charge is -2.16. The molecular weight excluding hydrogens is 336 g/mol. The van der Waals surface area contributed by atoms with Crippen LogP contribution in [0.25, 0.3) is 0 Å². The first-order chi connectivity index (χ1) is 12.5. The molecule has 140 valence electrons. The minimum absolute atomic E-state index is 0.0355. The van der Waals surface area contributed by atoms with Crippen LogP contribution >= 0.6 is 0 Å². The molecule has 2 atom stereocenters. The molecule has 0 spiro atoms. The van der Waals surface area contributed by atoms with Crippen molar-refractivity contribution in [3.8, 4) is 0 Å². The van der Waals surface area contributed by atoms with Crippen molar-refractivity contribution in [2.24, 2.45) is 5.92 Å². The Hall–Kier alpha value is -2.67. The summed E-state index contributed by atoms with van der Waals surface area (Å²) in [6, 6.07) is 9.67. The molecule has 0 bridgehead atoms. The topological polar surface area (TPSA) is 90.7 Å². The van der Waals surface area contributed by atoms with Gasteiger partial charge in [0.15, 0.2) is 0 Å². The van der Waals surface area contributed by atoms with Crippen LogP contribution in [0.4, 0.5) is 0 Å². The first-order valence-corrected chi connectivity index (χ1v) is 8.53. The summed E-state index contributed by atoms with van der Waals surface area (Å²) in [6.45, 7) is 3.75. The number of nitrogens with zero attached hydrogens (tertiary/aromatic N) is 2. The van der Waals surface area contributed by atoms with E-state index in [4.69, 9.17) is 14.6 Å². The average molecular weight is 360 g/mol. The molecule has 1 aromatic carbocycles. The van der Waals surface area contributed by atoms with Gasteiger partial charge in [-0.1, -0.05) is 37.3 Å². The van der Waals surface area contributed by atoms with Crippen LogP contribution in [0.1, 0.15) is 42.4 Å². The molecule has 2 rings (SSSR count). The minimum Gasteiger partial charge on any atom is -0.465 e. The van der Waals surface area contributed by atoms with Crippen LogP contribution in [0.2, 0.25) is 0 Å². The lowest BCUT2D eigenvalue weighted by atomic mass is 10.1. The highest BCUT2D eigenvalue weighted by Gasteiger charge is 2.18. The predicted octanol–water partition coefficient (Wildman–Crippen LogP) is 2.21. The van der Waals surface area contributed by atoms with Gasteiger partial charge >= 0.3 is 11.9 Å². The van der Waals surface area contributed by atoms with Crippen LogP contribution in [-0.2, 0) is 14.3 Å². The van der Waals surface area contributed by atoms with Crippen molar-refractivity contribution in [1.82, 2.24) is 9.55 Å². The zero-order chi connectivity index (χ0) is 18.9. The maximum Gasteiger partial charge on any atom is 0.356 e. The van der Waals surface area contributed by atoms with E-state index in [1.54, 1.807) is 17.8 Å². The highest BCUT2D eigenvalue weighted by molar-refractivity contribution is 5.87. The lowest BCUT2D eigenvalue weighted by Crippen LogP contribution is -2.18. The molecule has 0 saturated heterocycles. The molecule has 2 unspecified atom stereocenters. The van der Waals surface area contributed by atoms with Crippen LogP contribution < -0.4 is 0 Å². The molecule has 0 fully saturated rings. The third-order valence-corrected chi connectivity index (χ3v) is 3.95. The van der Waals surface area contributed by atoms with Gasteiger partial charge in [-0.2, -0.15) is 0 Å². The highest BCUT2D eigenvalue weighted by atomic mass is 16.5. The SMILES string of the molecule is CC(CO)COC(=O)CCOC(=O)c1cncn1C(C)c1ccccc1. The molecule has 0 amide bonds. The Labute approximate surface area is 152 Å². The van der Waals surface area contributed by atoms with Crippen LogP contribution in [0.5, 0.6) is 0 Å². The maximum atomic E-state index is 12.3. The Balaban J connectivity index is 1.87. The van der Waals surface area contributed by atoms with E-state index < -0.39 is 11.9 Å². The van der Waals surface area contributed by atoms with Crippen molar-refractivity contribution < 1.29 is 24.2 Å². The second-order valence-electron chi connectivity index (χ2n) is 6.13. The number of carbonyl (C=O) groups is 2. The Bertz CT molecular complexity index is 714. The van der Waals surface area contributed by atoms with Gasteiger partial charge in [-0.25, -0.2) is 9.78 Å². The number of ether oxygens (including phenoxy) is 2. The number of imidazole rings is 1. The number of rotatable bonds is 9. The summed E-state index contributed by atoms with van der Waals surface area (Å²) in [4.78, 5) is 27.9. The summed E-state index contributed by atoms with van der Waals surface area (Å²) >= 11 is 0. The van der Waals surface area contributed by atoms with E-state index in [1.165, 1.54) is 6.20 Å². The first kappa shape index (κ1) is 19.7. The van der Waals surface area contributed by atoms with E-state index in [-0.39, 0.29) is 38.2 Å². The molecule has 7 heteroatoms. The summed E-state index contributed by atoms with van der Waals surface area (Å²) in [7, 11) is 0. The fourth-order valence-electron chi connectivity index (χ4n) is 2.32. The Morgan fingerprint density at radius 2 is 1.92 bits per heavy atom. The van der Waals surface area contributed by atoms with E-state index in [2.05, 4.69) is 4.98 Å². The molecule has 7 nitrogen and oxygen atoms in total. The van der Waals surface area contributed by atoms with Gasteiger partial charge in [0.05, 0.1) is 31.6 Å². The minimum atomic E-state index is -0.540. The summed E-state index contributed by atoms with van der Waals surface area (Å²) in [5.41, 5.74) is 1.37. The number of hydrogen-bond donors (Lipinski definition) is 1. The highest BCUT2D eigenvalue weighted by Crippen LogP contribution is 2.19. The molecule has 1 aromatic heterocycles. The number of aliphatic hydroxyl groups is 1. The van der Waals surface area contributed by atoms with Crippen molar-refractivity contribution in [2.45, 2.75) is 26.3 Å². The maximum absolute atomic E-state index is 12.3. The zero-order valence-electron chi connectivity index (χ0n) is 15.0. The molecule has 0 aliphatic rings. The Morgan fingerprint density at radius 1 is 1.19 bits per heavy atom. The van der Waals surface area contributed by atoms with E-state index >= 15 is 0 Å². The van der Waals surface area contributed by atoms with Crippen LogP contribution in [-0.4, -0.2) is 46.4 Å². The van der Waals surface area contributed by atoms with Crippen molar-refractivity contribution in [1.29, 1.82) is 0 Å². The lowest BCUT2D eigenvalue weighted by molar-refractivity contribution is -0.145. The molecule has 2 aromatic rings. The molecule has 0 aliphatic heterocycles. The van der Waals surface area contributed by atoms with Gasteiger partial charge in [0.2, 0.25) is 0 Å². The first-order valence-electron chi connectivity index (χ1n) is 8.53. The summed E-state index contributed by atoms with van der Waals surface area (Å²) < 4.78 is 11.9. The number of esters is 2. The van der Waals surface area contributed by atoms with Gasteiger partial charge in [0.25, 0.3) is 0 Å². The van der Waals surface area contributed by atoms with Crippen LogP contribution in [0.3, 0.4) is 0 Å². The third kappa shape index (κ3) is 5.42. The van der Waals surface area contributed by atoms with Crippen molar-refractivity contribution in [3.05, 3.63) is 54.1 Å². The number of aliphatic hydroxyl groups excluding tert-OH is 1. The predicted molar refractivity (Wildman–Crippen MR) is 94.6 cm³/mol. The fourth-order valence-corrected chi connectivity index (χ4v) is 2.32. The van der Waals surface area contributed by atoms with E-state index in [0.29, 0.717) is 5.69 Å². The van der Waals surface area contributed by atoms with E-state index in [0.717, 1.165) is 5.56 Å². The number of hydrogen-bond acceptors (Lipinski definition) is 6. The number of benzene rings is 1. The second-order valence-corrected chi connectivity index (χ2v) is 6.13. The molecule has 0 radical (unpaired) electrons. The van der Waals surface area contributed by atoms with Gasteiger partial charge in [0.1, 0.15) is 12.3 Å². The Morgan fingerprint density at radius 3 is 2.62 bits per heavy atom. The molecule has 0 saturated carbocycles. The van der Waals surface area contributed by atoms with Gasteiger partial charge in [-0.05, 0) is 12.5 Å². The molecule has 0 aliphatic carbocycles. The normalized spacial score (nSPS) is 13.0. The molecular formula is C19H24N2O5. The number of aromatic nitrogens is 2. The smallest absolute Gasteiger partial charge is 0.356 e. The van der Waals surface area contributed by atoms with Gasteiger partial charge in [0, 0.05) is 12.5 Å². The number of carbonyl (C=O) groups excluding carboxylic acids is 2. The quantitative estimate of drug-likeness (QED) is 0.690. The van der Waals surface area contributed by atoms with E-state index in [1.807, 2.05) is 37.3 Å². The summed E-state index contributed by atoms with van der Waals surface area (Å²) in [6.07, 6.45) is 2.99. The summed E-state index contributed by atoms with van der Waals surface area (Å²) in [5, 5.41) is 8.89. The van der Waals surface area contributed by atoms with Crippen molar-refractivity contribution in [3.63, 3.8) is 0 Å². The summed E-state index contributed by atoms with van der Waals surface area (Å²) in [5.74, 6) is -1.12. The van der Waals surface area contributed by atoms with Crippen LogP contribution in [0, 0.1) is 5.92 Å². The van der Waals surface area contributed by atoms with Gasteiger partial charge < -0.3 is 19.1 Å². The van der Waals surface area contributed by atoms with Crippen LogP contribution in [0.15, 0.2) is 42.9 Å².